The lowest BCUT2D eigenvalue weighted by atomic mass is 10.0. The predicted molar refractivity (Wildman–Crippen MR) is 58.5 cm³/mol. The molecule has 0 saturated carbocycles. The third kappa shape index (κ3) is 2.58. The second kappa shape index (κ2) is 4.37. The van der Waals surface area contributed by atoms with E-state index >= 15 is 0 Å². The fourth-order valence-electron chi connectivity index (χ4n) is 1.40. The highest BCUT2D eigenvalue weighted by atomic mass is 35.5. The molecule has 0 aliphatic carbocycles. The zero-order chi connectivity index (χ0) is 12.5. The molecule has 2 rings (SSSR count). The molecule has 0 aliphatic rings. The first-order valence-corrected chi connectivity index (χ1v) is 5.06. The van der Waals surface area contributed by atoms with Gasteiger partial charge in [-0.3, -0.25) is 0 Å². The molecule has 2 aromatic rings. The number of benzene rings is 1. The normalized spacial score (nSPS) is 11.5. The maximum Gasteiger partial charge on any atom is 0.417 e. The van der Waals surface area contributed by atoms with Gasteiger partial charge in [0.15, 0.2) is 0 Å². The van der Waals surface area contributed by atoms with Gasteiger partial charge in [0.25, 0.3) is 0 Å². The molecular formula is C12H6ClF3N. The van der Waals surface area contributed by atoms with Crippen LogP contribution < -0.4 is 0 Å². The van der Waals surface area contributed by atoms with E-state index < -0.39 is 11.7 Å². The molecule has 0 bridgehead atoms. The molecule has 0 saturated heterocycles. The van der Waals surface area contributed by atoms with Crippen molar-refractivity contribution in [3.8, 4) is 11.1 Å². The molecule has 5 heteroatoms. The quantitative estimate of drug-likeness (QED) is 0.696. The number of rotatable bonds is 1. The molecule has 0 unspecified atom stereocenters. The van der Waals surface area contributed by atoms with E-state index in [2.05, 4.69) is 11.1 Å². The number of aromatic nitrogens is 1. The SMILES string of the molecule is FC(F)(F)c1[c]ccc(-c2cccnc2Cl)c1. The molecule has 0 amide bonds. The maximum absolute atomic E-state index is 12.5. The summed E-state index contributed by atoms with van der Waals surface area (Å²) in [6.07, 6.45) is -2.93. The first-order chi connectivity index (χ1) is 7.98. The Bertz CT molecular complexity index is 537. The van der Waals surface area contributed by atoms with E-state index in [0.29, 0.717) is 11.1 Å². The van der Waals surface area contributed by atoms with Gasteiger partial charge in [0.05, 0.1) is 5.56 Å². The van der Waals surface area contributed by atoms with Crippen molar-refractivity contribution in [2.45, 2.75) is 6.18 Å². The summed E-state index contributed by atoms with van der Waals surface area (Å²) < 4.78 is 37.5. The van der Waals surface area contributed by atoms with Crippen LogP contribution in [0.5, 0.6) is 0 Å². The highest BCUT2D eigenvalue weighted by Crippen LogP contribution is 2.33. The number of alkyl halides is 3. The van der Waals surface area contributed by atoms with E-state index in [0.717, 1.165) is 6.07 Å². The summed E-state index contributed by atoms with van der Waals surface area (Å²) in [4.78, 5) is 3.82. The van der Waals surface area contributed by atoms with Crippen molar-refractivity contribution in [2.75, 3.05) is 0 Å². The molecule has 1 radical (unpaired) electrons. The fourth-order valence-corrected chi connectivity index (χ4v) is 1.63. The Morgan fingerprint density at radius 1 is 1.24 bits per heavy atom. The topological polar surface area (TPSA) is 12.9 Å². The van der Waals surface area contributed by atoms with Crippen LogP contribution in [-0.4, -0.2) is 4.98 Å². The van der Waals surface area contributed by atoms with Gasteiger partial charge in [-0.05, 0) is 29.8 Å². The molecule has 0 spiro atoms. The molecule has 1 aromatic heterocycles. The van der Waals surface area contributed by atoms with Gasteiger partial charge in [-0.2, -0.15) is 13.2 Å². The van der Waals surface area contributed by atoms with E-state index in [-0.39, 0.29) is 5.15 Å². The predicted octanol–water partition coefficient (Wildman–Crippen LogP) is 4.22. The van der Waals surface area contributed by atoms with Gasteiger partial charge in [0.2, 0.25) is 0 Å². The van der Waals surface area contributed by atoms with Gasteiger partial charge >= 0.3 is 6.18 Å². The van der Waals surface area contributed by atoms with Crippen LogP contribution in [0.15, 0.2) is 36.5 Å². The highest BCUT2D eigenvalue weighted by Gasteiger charge is 2.30. The largest absolute Gasteiger partial charge is 0.417 e. The highest BCUT2D eigenvalue weighted by molar-refractivity contribution is 6.32. The minimum Gasteiger partial charge on any atom is -0.244 e. The first kappa shape index (κ1) is 11.9. The van der Waals surface area contributed by atoms with Crippen LogP contribution in [-0.2, 0) is 6.18 Å². The van der Waals surface area contributed by atoms with Crippen molar-refractivity contribution in [1.29, 1.82) is 0 Å². The molecule has 17 heavy (non-hydrogen) atoms. The molecule has 0 fully saturated rings. The van der Waals surface area contributed by atoms with E-state index in [1.165, 1.54) is 18.3 Å². The van der Waals surface area contributed by atoms with Crippen LogP contribution in [0, 0.1) is 6.07 Å². The molecule has 1 heterocycles. The van der Waals surface area contributed by atoms with Crippen molar-refractivity contribution >= 4 is 11.6 Å². The molecule has 0 N–H and O–H groups in total. The Balaban J connectivity index is 2.51. The average Bonchev–Trinajstić information content (AvgIpc) is 2.29. The van der Waals surface area contributed by atoms with Gasteiger partial charge in [0, 0.05) is 11.8 Å². The van der Waals surface area contributed by atoms with Crippen molar-refractivity contribution in [3.63, 3.8) is 0 Å². The number of hydrogen-bond donors (Lipinski definition) is 0. The minimum absolute atomic E-state index is 0.173. The van der Waals surface area contributed by atoms with Crippen molar-refractivity contribution in [1.82, 2.24) is 4.98 Å². The van der Waals surface area contributed by atoms with Crippen LogP contribution in [0.2, 0.25) is 5.15 Å². The fraction of sp³-hybridized carbons (Fsp3) is 0.0833. The van der Waals surface area contributed by atoms with Crippen LogP contribution in [0.1, 0.15) is 5.56 Å². The number of halogens is 4. The van der Waals surface area contributed by atoms with Crippen molar-refractivity contribution in [3.05, 3.63) is 53.3 Å². The minimum atomic E-state index is -4.41. The number of pyridine rings is 1. The second-order valence-corrected chi connectivity index (χ2v) is 3.69. The zero-order valence-electron chi connectivity index (χ0n) is 8.42. The smallest absolute Gasteiger partial charge is 0.244 e. The van der Waals surface area contributed by atoms with Crippen LogP contribution in [0.4, 0.5) is 13.2 Å². The lowest BCUT2D eigenvalue weighted by molar-refractivity contribution is -0.137. The maximum atomic E-state index is 12.5. The standard InChI is InChI=1S/C12H6ClF3N/c13-11-10(5-2-6-17-11)8-3-1-4-9(7-8)12(14,15)16/h1-3,5-7H. The second-order valence-electron chi connectivity index (χ2n) is 3.33. The molecule has 87 valence electrons. The van der Waals surface area contributed by atoms with Gasteiger partial charge in [-0.25, -0.2) is 4.98 Å². The lowest BCUT2D eigenvalue weighted by Gasteiger charge is -2.08. The summed E-state index contributed by atoms with van der Waals surface area (Å²) in [6, 6.07) is 9.12. The first-order valence-electron chi connectivity index (χ1n) is 4.68. The van der Waals surface area contributed by atoms with Gasteiger partial charge in [0.1, 0.15) is 5.15 Å². The lowest BCUT2D eigenvalue weighted by Crippen LogP contribution is -2.04. The molecule has 1 aromatic carbocycles. The monoisotopic (exact) mass is 256 g/mol. The Kier molecular flexibility index (Phi) is 3.07. The summed E-state index contributed by atoms with van der Waals surface area (Å²) in [5.41, 5.74) is 0.0118. The molecular weight excluding hydrogens is 251 g/mol. The Labute approximate surface area is 101 Å². The van der Waals surface area contributed by atoms with Gasteiger partial charge in [-0.15, -0.1) is 0 Å². The van der Waals surface area contributed by atoms with Crippen LogP contribution in [0.25, 0.3) is 11.1 Å². The average molecular weight is 257 g/mol. The van der Waals surface area contributed by atoms with Crippen LogP contribution >= 0.6 is 11.6 Å². The number of nitrogens with zero attached hydrogens (tertiary/aromatic N) is 1. The number of hydrogen-bond acceptors (Lipinski definition) is 1. The summed E-state index contributed by atoms with van der Waals surface area (Å²) in [5.74, 6) is 0. The van der Waals surface area contributed by atoms with Gasteiger partial charge in [-0.1, -0.05) is 23.7 Å². The Morgan fingerprint density at radius 3 is 2.65 bits per heavy atom. The Morgan fingerprint density at radius 2 is 2.00 bits per heavy atom. The van der Waals surface area contributed by atoms with Gasteiger partial charge < -0.3 is 0 Å². The molecule has 1 nitrogen and oxygen atoms in total. The summed E-state index contributed by atoms with van der Waals surface area (Å²) in [6.45, 7) is 0. The zero-order valence-corrected chi connectivity index (χ0v) is 9.18. The van der Waals surface area contributed by atoms with Crippen LogP contribution in [0.3, 0.4) is 0 Å². The molecule has 0 aliphatic heterocycles. The van der Waals surface area contributed by atoms with Crippen molar-refractivity contribution < 1.29 is 13.2 Å². The summed E-state index contributed by atoms with van der Waals surface area (Å²) in [7, 11) is 0. The summed E-state index contributed by atoms with van der Waals surface area (Å²) >= 11 is 5.82. The van der Waals surface area contributed by atoms with E-state index in [4.69, 9.17) is 11.6 Å². The summed E-state index contributed by atoms with van der Waals surface area (Å²) in [5, 5.41) is 0.173. The van der Waals surface area contributed by atoms with E-state index in [9.17, 15) is 13.2 Å². The third-order valence-corrected chi connectivity index (χ3v) is 2.48. The van der Waals surface area contributed by atoms with E-state index in [1.54, 1.807) is 12.1 Å². The Hall–Kier alpha value is -1.55. The molecule has 0 atom stereocenters. The van der Waals surface area contributed by atoms with Crippen molar-refractivity contribution in [2.24, 2.45) is 0 Å². The van der Waals surface area contributed by atoms with E-state index in [1.807, 2.05) is 0 Å². The third-order valence-electron chi connectivity index (χ3n) is 2.18.